The number of hydrogen-bond donors (Lipinski definition) is 1. The first-order valence-electron chi connectivity index (χ1n) is 8.84. The van der Waals surface area contributed by atoms with Gasteiger partial charge in [-0.2, -0.15) is 5.26 Å². The Morgan fingerprint density at radius 3 is 2.41 bits per heavy atom. The molecule has 1 aliphatic rings. The highest BCUT2D eigenvalue weighted by Gasteiger charge is 2.23. The van der Waals surface area contributed by atoms with Gasteiger partial charge in [0.2, 0.25) is 10.0 Å². The van der Waals surface area contributed by atoms with E-state index in [9.17, 15) is 13.7 Å². The van der Waals surface area contributed by atoms with Crippen molar-refractivity contribution in [3.8, 4) is 11.8 Å². The molecule has 1 saturated heterocycles. The lowest BCUT2D eigenvalue weighted by atomic mass is 10.0. The number of piperidine rings is 1. The van der Waals surface area contributed by atoms with Crippen LogP contribution in [0.2, 0.25) is 0 Å². The normalized spacial score (nSPS) is 15.4. The number of rotatable bonds is 4. The lowest BCUT2D eigenvalue weighted by molar-refractivity contribution is 0.171. The van der Waals surface area contributed by atoms with Gasteiger partial charge in [0.15, 0.2) is 0 Å². The summed E-state index contributed by atoms with van der Waals surface area (Å²) in [5, 5.41) is 14.6. The predicted octanol–water partition coefficient (Wildman–Crippen LogP) is 2.87. The van der Waals surface area contributed by atoms with Crippen molar-refractivity contribution in [1.29, 1.82) is 5.26 Å². The Morgan fingerprint density at radius 2 is 1.81 bits per heavy atom. The van der Waals surface area contributed by atoms with Crippen molar-refractivity contribution in [2.45, 2.75) is 37.7 Å². The molecule has 0 atom stereocenters. The Labute approximate surface area is 160 Å². The van der Waals surface area contributed by atoms with Crippen LogP contribution >= 0.6 is 0 Å². The highest BCUT2D eigenvalue weighted by Crippen LogP contribution is 2.28. The molecule has 0 radical (unpaired) electrons. The molecular weight excluding hydrogens is 362 g/mol. The number of nitrogens with two attached hydrogens (primary N) is 1. The van der Waals surface area contributed by atoms with Gasteiger partial charge in [0.25, 0.3) is 0 Å². The summed E-state index contributed by atoms with van der Waals surface area (Å²) in [6, 6.07) is 12.6. The third-order valence-corrected chi connectivity index (χ3v) is 5.89. The third-order valence-electron chi connectivity index (χ3n) is 4.98. The van der Waals surface area contributed by atoms with Crippen LogP contribution in [-0.4, -0.2) is 27.6 Å². The van der Waals surface area contributed by atoms with E-state index in [0.29, 0.717) is 5.56 Å². The number of hydrogen-bond acceptors (Lipinski definition) is 5. The van der Waals surface area contributed by atoms with Crippen molar-refractivity contribution < 1.29 is 13.2 Å². The van der Waals surface area contributed by atoms with Gasteiger partial charge in [-0.05, 0) is 55.3 Å². The third kappa shape index (κ3) is 4.41. The predicted molar refractivity (Wildman–Crippen MR) is 104 cm³/mol. The molecule has 142 valence electrons. The topological polar surface area (TPSA) is 96.4 Å². The first-order chi connectivity index (χ1) is 12.8. The van der Waals surface area contributed by atoms with E-state index in [1.165, 1.54) is 23.3 Å². The smallest absolute Gasteiger partial charge is 0.238 e. The molecule has 3 rings (SSSR count). The quantitative estimate of drug-likeness (QED) is 0.873. The first-order valence-corrected chi connectivity index (χ1v) is 10.4. The molecule has 0 bridgehead atoms. The maximum atomic E-state index is 11.5. The molecule has 0 aromatic heterocycles. The second-order valence-electron chi connectivity index (χ2n) is 6.89. The zero-order valence-corrected chi connectivity index (χ0v) is 16.3. The first kappa shape index (κ1) is 19.2. The van der Waals surface area contributed by atoms with Gasteiger partial charge in [-0.25, -0.2) is 13.6 Å². The molecule has 7 heteroatoms. The number of nitriles is 1. The van der Waals surface area contributed by atoms with Crippen molar-refractivity contribution in [1.82, 2.24) is 0 Å². The van der Waals surface area contributed by atoms with Crippen LogP contribution in [0.5, 0.6) is 5.75 Å². The molecule has 1 aliphatic heterocycles. The van der Waals surface area contributed by atoms with E-state index in [4.69, 9.17) is 9.88 Å². The minimum Gasteiger partial charge on any atom is -0.490 e. The number of sulfonamides is 1. The van der Waals surface area contributed by atoms with E-state index in [-0.39, 0.29) is 11.0 Å². The molecule has 2 aromatic carbocycles. The number of nitrogens with zero attached hydrogens (tertiary/aromatic N) is 2. The van der Waals surface area contributed by atoms with Crippen LogP contribution < -0.4 is 14.8 Å². The number of anilines is 1. The van der Waals surface area contributed by atoms with Crippen molar-refractivity contribution in [3.05, 3.63) is 53.1 Å². The van der Waals surface area contributed by atoms with Gasteiger partial charge in [-0.15, -0.1) is 0 Å². The van der Waals surface area contributed by atoms with E-state index < -0.39 is 10.0 Å². The molecule has 0 unspecified atom stereocenters. The molecule has 0 amide bonds. The molecule has 1 heterocycles. The maximum absolute atomic E-state index is 11.5. The molecule has 6 nitrogen and oxygen atoms in total. The number of aryl methyl sites for hydroxylation is 2. The fourth-order valence-corrected chi connectivity index (χ4v) is 3.79. The molecule has 1 fully saturated rings. The Kier molecular flexibility index (Phi) is 5.40. The van der Waals surface area contributed by atoms with Gasteiger partial charge in [-0.3, -0.25) is 0 Å². The minimum absolute atomic E-state index is 0.0456. The largest absolute Gasteiger partial charge is 0.490 e. The van der Waals surface area contributed by atoms with Gasteiger partial charge in [0, 0.05) is 25.9 Å². The van der Waals surface area contributed by atoms with Crippen LogP contribution in [-0.2, 0) is 10.0 Å². The number of benzene rings is 2. The van der Waals surface area contributed by atoms with E-state index >= 15 is 0 Å². The van der Waals surface area contributed by atoms with E-state index in [2.05, 4.69) is 36.9 Å². The molecule has 2 N–H and O–H groups in total. The minimum atomic E-state index is -3.82. The monoisotopic (exact) mass is 385 g/mol. The summed E-state index contributed by atoms with van der Waals surface area (Å²) in [7, 11) is -3.82. The number of ether oxygens (including phenoxy) is 1. The summed E-state index contributed by atoms with van der Waals surface area (Å²) in [6.45, 7) is 5.61. The van der Waals surface area contributed by atoms with Crippen LogP contribution in [0.15, 0.2) is 41.3 Å². The van der Waals surface area contributed by atoms with Crippen molar-refractivity contribution >= 4 is 15.7 Å². The van der Waals surface area contributed by atoms with Crippen molar-refractivity contribution in [3.63, 3.8) is 0 Å². The average molecular weight is 385 g/mol. The van der Waals surface area contributed by atoms with Gasteiger partial charge in [0.05, 0.1) is 16.1 Å². The lowest BCUT2D eigenvalue weighted by Crippen LogP contribution is -2.38. The van der Waals surface area contributed by atoms with Crippen molar-refractivity contribution in [2.75, 3.05) is 18.0 Å². The van der Waals surface area contributed by atoms with E-state index in [1.807, 2.05) is 6.07 Å². The fourth-order valence-electron chi connectivity index (χ4n) is 3.25. The van der Waals surface area contributed by atoms with Crippen LogP contribution in [0.25, 0.3) is 0 Å². The molecule has 0 spiro atoms. The van der Waals surface area contributed by atoms with E-state index in [1.54, 1.807) is 6.07 Å². The van der Waals surface area contributed by atoms with Crippen LogP contribution in [0.1, 0.15) is 29.5 Å². The standard InChI is InChI=1S/C20H23N3O3S/c1-14-3-4-18(11-15(14)2)26-17-7-9-23(10-8-17)20-6-5-19(27(22,24)25)12-16(20)13-21/h3-6,11-12,17H,7-10H2,1-2H3,(H2,22,24,25). The van der Waals surface area contributed by atoms with E-state index in [0.717, 1.165) is 37.4 Å². The zero-order chi connectivity index (χ0) is 19.6. The van der Waals surface area contributed by atoms with Crippen LogP contribution in [0.3, 0.4) is 0 Å². The fraction of sp³-hybridized carbons (Fsp3) is 0.350. The highest BCUT2D eigenvalue weighted by molar-refractivity contribution is 7.89. The molecule has 0 saturated carbocycles. The summed E-state index contributed by atoms with van der Waals surface area (Å²) >= 11 is 0. The molecule has 2 aromatic rings. The zero-order valence-electron chi connectivity index (χ0n) is 15.5. The summed E-state index contributed by atoms with van der Waals surface area (Å²) in [5.41, 5.74) is 3.49. The molecule has 0 aliphatic carbocycles. The Balaban J connectivity index is 1.68. The Hall–Kier alpha value is -2.56. The Morgan fingerprint density at radius 1 is 1.11 bits per heavy atom. The second-order valence-corrected chi connectivity index (χ2v) is 8.45. The second kappa shape index (κ2) is 7.59. The molecule has 27 heavy (non-hydrogen) atoms. The Bertz CT molecular complexity index is 988. The van der Waals surface area contributed by atoms with Gasteiger partial charge >= 0.3 is 0 Å². The molecular formula is C20H23N3O3S. The van der Waals surface area contributed by atoms with Crippen molar-refractivity contribution in [2.24, 2.45) is 5.14 Å². The highest BCUT2D eigenvalue weighted by atomic mass is 32.2. The van der Waals surface area contributed by atoms with Gasteiger partial charge < -0.3 is 9.64 Å². The lowest BCUT2D eigenvalue weighted by Gasteiger charge is -2.34. The summed E-state index contributed by atoms with van der Waals surface area (Å²) in [4.78, 5) is 2.04. The summed E-state index contributed by atoms with van der Waals surface area (Å²) in [6.07, 6.45) is 1.78. The number of primary sulfonamides is 1. The van der Waals surface area contributed by atoms with Crippen LogP contribution in [0, 0.1) is 25.2 Å². The average Bonchev–Trinajstić information content (AvgIpc) is 2.64. The van der Waals surface area contributed by atoms with Gasteiger partial charge in [-0.1, -0.05) is 6.07 Å². The SMILES string of the molecule is Cc1ccc(OC2CCN(c3ccc(S(N)(=O)=O)cc3C#N)CC2)cc1C. The summed E-state index contributed by atoms with van der Waals surface area (Å²) < 4.78 is 29.1. The van der Waals surface area contributed by atoms with Gasteiger partial charge in [0.1, 0.15) is 17.9 Å². The maximum Gasteiger partial charge on any atom is 0.238 e. The van der Waals surface area contributed by atoms with Crippen LogP contribution in [0.4, 0.5) is 5.69 Å². The summed E-state index contributed by atoms with van der Waals surface area (Å²) in [5.74, 6) is 0.881.